The molecule has 0 atom stereocenters. The zero-order valence-electron chi connectivity index (χ0n) is 19.0. The first-order valence-electron chi connectivity index (χ1n) is 10.9. The number of benzene rings is 2. The van der Waals surface area contributed by atoms with Crippen molar-refractivity contribution in [2.75, 3.05) is 10.6 Å². The van der Waals surface area contributed by atoms with Gasteiger partial charge >= 0.3 is 0 Å². The van der Waals surface area contributed by atoms with Crippen LogP contribution < -0.4 is 16.2 Å². The van der Waals surface area contributed by atoms with Gasteiger partial charge in [-0.2, -0.15) is 0 Å². The molecule has 10 heteroatoms. The maximum atomic E-state index is 13.5. The Morgan fingerprint density at radius 2 is 1.92 bits per heavy atom. The number of nitrogens with zero attached hydrogens (tertiary/aromatic N) is 3. The molecular weight excluding hydrogens is 468 g/mol. The molecule has 0 radical (unpaired) electrons. The SMILES string of the molecule is Cn1ccnc1/C=C1/C(=O)Nc2ccc(NC(=O)c3cccn(Cc4ccc(F)c(F)c4)c3=O)cc21. The van der Waals surface area contributed by atoms with Crippen molar-refractivity contribution in [3.63, 3.8) is 0 Å². The van der Waals surface area contributed by atoms with E-state index in [1.54, 1.807) is 41.2 Å². The molecule has 0 fully saturated rings. The second kappa shape index (κ2) is 9.06. The highest BCUT2D eigenvalue weighted by Crippen LogP contribution is 2.35. The maximum absolute atomic E-state index is 13.5. The van der Waals surface area contributed by atoms with Crippen LogP contribution in [0.15, 0.2) is 71.9 Å². The number of rotatable bonds is 5. The fraction of sp³-hybridized carbons (Fsp3) is 0.0769. The summed E-state index contributed by atoms with van der Waals surface area (Å²) in [5, 5.41) is 5.47. The summed E-state index contributed by atoms with van der Waals surface area (Å²) in [5.74, 6) is -2.35. The number of hydrogen-bond donors (Lipinski definition) is 2. The second-order valence-electron chi connectivity index (χ2n) is 8.23. The van der Waals surface area contributed by atoms with Crippen LogP contribution in [0.5, 0.6) is 0 Å². The summed E-state index contributed by atoms with van der Waals surface area (Å²) in [5.41, 5.74) is 1.61. The van der Waals surface area contributed by atoms with Gasteiger partial charge < -0.3 is 19.8 Å². The molecule has 0 unspecified atom stereocenters. The van der Waals surface area contributed by atoms with Crippen molar-refractivity contribution in [1.29, 1.82) is 0 Å². The fourth-order valence-corrected chi connectivity index (χ4v) is 3.92. The summed E-state index contributed by atoms with van der Waals surface area (Å²) >= 11 is 0. The van der Waals surface area contributed by atoms with E-state index in [0.717, 1.165) is 12.1 Å². The minimum atomic E-state index is -1.02. The molecule has 3 heterocycles. The molecule has 4 aromatic rings. The summed E-state index contributed by atoms with van der Waals surface area (Å²) in [6, 6.07) is 11.2. The third kappa shape index (κ3) is 4.31. The number of aromatic nitrogens is 3. The molecular formula is C26H19F2N5O3. The number of amides is 2. The van der Waals surface area contributed by atoms with Crippen molar-refractivity contribution in [3.8, 4) is 0 Å². The van der Waals surface area contributed by atoms with Gasteiger partial charge in [0.2, 0.25) is 0 Å². The number of imidazole rings is 1. The topological polar surface area (TPSA) is 98.0 Å². The Hall–Kier alpha value is -4.86. The molecule has 2 amide bonds. The molecule has 8 nitrogen and oxygen atoms in total. The highest BCUT2D eigenvalue weighted by molar-refractivity contribution is 6.35. The molecule has 1 aliphatic heterocycles. The van der Waals surface area contributed by atoms with Crippen molar-refractivity contribution in [3.05, 3.63) is 112 Å². The summed E-state index contributed by atoms with van der Waals surface area (Å²) in [6.07, 6.45) is 6.49. The van der Waals surface area contributed by atoms with Gasteiger partial charge in [0.05, 0.1) is 12.1 Å². The maximum Gasteiger partial charge on any atom is 0.263 e. The van der Waals surface area contributed by atoms with Gasteiger partial charge in [-0.05, 0) is 54.1 Å². The zero-order chi connectivity index (χ0) is 25.4. The van der Waals surface area contributed by atoms with E-state index >= 15 is 0 Å². The average Bonchev–Trinajstić information content (AvgIpc) is 3.40. The Morgan fingerprint density at radius 1 is 1.08 bits per heavy atom. The van der Waals surface area contributed by atoms with E-state index < -0.39 is 23.1 Å². The van der Waals surface area contributed by atoms with E-state index in [1.807, 2.05) is 7.05 Å². The average molecular weight is 487 g/mol. The summed E-state index contributed by atoms with van der Waals surface area (Å²) < 4.78 is 29.8. The molecule has 0 spiro atoms. The lowest BCUT2D eigenvalue weighted by molar-refractivity contribution is -0.110. The van der Waals surface area contributed by atoms with E-state index in [0.29, 0.717) is 33.9 Å². The molecule has 2 aromatic heterocycles. The minimum absolute atomic E-state index is 0.0366. The molecule has 2 aromatic carbocycles. The van der Waals surface area contributed by atoms with Crippen molar-refractivity contribution in [2.24, 2.45) is 7.05 Å². The standard InChI is InChI=1S/C26H19F2N5O3/c1-32-10-8-29-23(32)13-19-18-12-16(5-7-22(18)31-25(19)35)30-24(34)17-3-2-9-33(26(17)36)14-15-4-6-20(27)21(28)11-15/h2-13H,14H2,1H3,(H,30,34)(H,31,35)/b19-13+. The van der Waals surface area contributed by atoms with Gasteiger partial charge in [0.1, 0.15) is 11.4 Å². The van der Waals surface area contributed by atoms with Crippen molar-refractivity contribution < 1.29 is 18.4 Å². The Kier molecular flexibility index (Phi) is 5.77. The lowest BCUT2D eigenvalue weighted by atomic mass is 10.1. The van der Waals surface area contributed by atoms with E-state index in [2.05, 4.69) is 15.6 Å². The first-order valence-corrected chi connectivity index (χ1v) is 10.9. The van der Waals surface area contributed by atoms with E-state index in [1.165, 1.54) is 29.0 Å². The van der Waals surface area contributed by atoms with Crippen LogP contribution in [0.25, 0.3) is 11.6 Å². The van der Waals surface area contributed by atoms with Gasteiger partial charge in [0, 0.05) is 42.6 Å². The molecule has 1 aliphatic rings. The van der Waals surface area contributed by atoms with Gasteiger partial charge in [-0.15, -0.1) is 0 Å². The fourth-order valence-electron chi connectivity index (χ4n) is 3.92. The number of carbonyl (C=O) groups excluding carboxylic acids is 2. The van der Waals surface area contributed by atoms with Gasteiger partial charge in [0.25, 0.3) is 17.4 Å². The van der Waals surface area contributed by atoms with E-state index in [9.17, 15) is 23.2 Å². The number of hydrogen-bond acceptors (Lipinski definition) is 4. The quantitative estimate of drug-likeness (QED) is 0.420. The van der Waals surface area contributed by atoms with Gasteiger partial charge in [-0.3, -0.25) is 14.4 Å². The van der Waals surface area contributed by atoms with Crippen LogP contribution in [0.4, 0.5) is 20.2 Å². The molecule has 36 heavy (non-hydrogen) atoms. The predicted octanol–water partition coefficient (Wildman–Crippen LogP) is 3.65. The molecule has 180 valence electrons. The third-order valence-electron chi connectivity index (χ3n) is 5.79. The van der Waals surface area contributed by atoms with E-state index in [4.69, 9.17) is 0 Å². The lowest BCUT2D eigenvalue weighted by Gasteiger charge is -2.10. The largest absolute Gasteiger partial charge is 0.335 e. The van der Waals surface area contributed by atoms with Gasteiger partial charge in [0.15, 0.2) is 11.6 Å². The third-order valence-corrected chi connectivity index (χ3v) is 5.79. The number of pyridine rings is 1. The normalized spacial score (nSPS) is 13.5. The first kappa shape index (κ1) is 22.9. The van der Waals surface area contributed by atoms with Gasteiger partial charge in [-0.1, -0.05) is 6.07 Å². The smallest absolute Gasteiger partial charge is 0.263 e. The number of fused-ring (bicyclic) bond motifs is 1. The Balaban J connectivity index is 1.40. The molecule has 0 saturated carbocycles. The Morgan fingerprint density at radius 3 is 2.67 bits per heavy atom. The minimum Gasteiger partial charge on any atom is -0.335 e. The molecule has 2 N–H and O–H groups in total. The number of aryl methyl sites for hydroxylation is 1. The number of nitrogens with one attached hydrogen (secondary N) is 2. The van der Waals surface area contributed by atoms with Crippen molar-refractivity contribution >= 4 is 34.8 Å². The van der Waals surface area contributed by atoms with Crippen LogP contribution in [0.1, 0.15) is 27.3 Å². The first-order chi connectivity index (χ1) is 17.3. The second-order valence-corrected chi connectivity index (χ2v) is 8.23. The molecule has 0 saturated heterocycles. The summed E-state index contributed by atoms with van der Waals surface area (Å²) in [6.45, 7) is -0.0366. The van der Waals surface area contributed by atoms with Crippen LogP contribution in [0.2, 0.25) is 0 Å². The number of anilines is 2. The van der Waals surface area contributed by atoms with Crippen LogP contribution in [0.3, 0.4) is 0 Å². The highest BCUT2D eigenvalue weighted by Gasteiger charge is 2.25. The van der Waals surface area contributed by atoms with Crippen molar-refractivity contribution in [2.45, 2.75) is 6.54 Å². The zero-order valence-corrected chi connectivity index (χ0v) is 19.0. The number of carbonyl (C=O) groups is 2. The predicted molar refractivity (Wildman–Crippen MR) is 130 cm³/mol. The summed E-state index contributed by atoms with van der Waals surface area (Å²) in [7, 11) is 1.81. The Labute approximate surface area is 203 Å². The Bertz CT molecular complexity index is 1620. The van der Waals surface area contributed by atoms with Crippen molar-refractivity contribution in [1.82, 2.24) is 14.1 Å². The molecule has 0 aliphatic carbocycles. The molecule has 0 bridgehead atoms. The van der Waals surface area contributed by atoms with Crippen LogP contribution in [-0.2, 0) is 18.4 Å². The van der Waals surface area contributed by atoms with E-state index in [-0.39, 0.29) is 18.0 Å². The van der Waals surface area contributed by atoms with Crippen LogP contribution in [-0.4, -0.2) is 25.9 Å². The highest BCUT2D eigenvalue weighted by atomic mass is 19.2. The van der Waals surface area contributed by atoms with Crippen LogP contribution in [0, 0.1) is 11.6 Å². The summed E-state index contributed by atoms with van der Waals surface area (Å²) in [4.78, 5) is 42.6. The lowest BCUT2D eigenvalue weighted by Crippen LogP contribution is -2.29. The monoisotopic (exact) mass is 487 g/mol. The molecule has 5 rings (SSSR count). The van der Waals surface area contributed by atoms with Crippen LogP contribution >= 0.6 is 0 Å². The van der Waals surface area contributed by atoms with Gasteiger partial charge in [-0.25, -0.2) is 13.8 Å². The number of halogens is 2.